The molecule has 0 aliphatic heterocycles. The van der Waals surface area contributed by atoms with Gasteiger partial charge in [-0.3, -0.25) is 9.89 Å². The van der Waals surface area contributed by atoms with Gasteiger partial charge in [-0.05, 0) is 26.0 Å². The van der Waals surface area contributed by atoms with Crippen molar-refractivity contribution in [3.05, 3.63) is 30.2 Å². The van der Waals surface area contributed by atoms with Gasteiger partial charge in [-0.1, -0.05) is 0 Å². The van der Waals surface area contributed by atoms with Gasteiger partial charge in [0.15, 0.2) is 11.5 Å². The molecule has 100 valence electrons. The van der Waals surface area contributed by atoms with Crippen molar-refractivity contribution in [3.8, 4) is 11.5 Å². The van der Waals surface area contributed by atoms with E-state index in [1.807, 2.05) is 0 Å². The van der Waals surface area contributed by atoms with Gasteiger partial charge in [-0.15, -0.1) is 0 Å². The Bertz CT molecular complexity index is 598. The van der Waals surface area contributed by atoms with Gasteiger partial charge in [0.1, 0.15) is 11.2 Å². The van der Waals surface area contributed by atoms with Crippen LogP contribution in [-0.2, 0) is 4.79 Å². The fourth-order valence-corrected chi connectivity index (χ4v) is 1.40. The smallest absolute Gasteiger partial charge is 0.328 e. The Kier molecular flexibility index (Phi) is 3.12. The fraction of sp³-hybridized carbons (Fsp3) is 0.250. The zero-order valence-electron chi connectivity index (χ0n) is 10.4. The number of hydrogen-bond donors (Lipinski definition) is 3. The van der Waals surface area contributed by atoms with Crippen LogP contribution in [0.4, 0.5) is 0 Å². The maximum absolute atomic E-state index is 11.9. The second kappa shape index (κ2) is 4.60. The zero-order valence-corrected chi connectivity index (χ0v) is 10.4. The molecule has 7 heteroatoms. The summed E-state index contributed by atoms with van der Waals surface area (Å²) in [6.07, 6.45) is 1.50. The van der Waals surface area contributed by atoms with Gasteiger partial charge >= 0.3 is 5.97 Å². The molecule has 0 bridgehead atoms. The van der Waals surface area contributed by atoms with E-state index in [0.717, 1.165) is 0 Å². The number of H-pyrrole nitrogens is 1. The van der Waals surface area contributed by atoms with Crippen LogP contribution in [0.5, 0.6) is 0 Å². The molecule has 0 fully saturated rings. The lowest BCUT2D eigenvalue weighted by atomic mass is 10.1. The maximum Gasteiger partial charge on any atom is 0.328 e. The summed E-state index contributed by atoms with van der Waals surface area (Å²) in [7, 11) is 0. The molecule has 2 aromatic heterocycles. The summed E-state index contributed by atoms with van der Waals surface area (Å²) in [4.78, 5) is 22.8. The van der Waals surface area contributed by atoms with E-state index in [1.165, 1.54) is 26.2 Å². The van der Waals surface area contributed by atoms with Crippen LogP contribution in [0.3, 0.4) is 0 Å². The van der Waals surface area contributed by atoms with Crippen LogP contribution in [-0.4, -0.2) is 32.7 Å². The topological polar surface area (TPSA) is 108 Å². The molecule has 0 saturated heterocycles. The maximum atomic E-state index is 11.9. The molecule has 0 aliphatic rings. The van der Waals surface area contributed by atoms with Crippen LogP contribution in [0.15, 0.2) is 28.9 Å². The summed E-state index contributed by atoms with van der Waals surface area (Å²) in [5.74, 6) is -1.15. The third-order valence-corrected chi connectivity index (χ3v) is 2.56. The van der Waals surface area contributed by atoms with Gasteiger partial charge in [-0.2, -0.15) is 5.10 Å². The summed E-state index contributed by atoms with van der Waals surface area (Å²) in [6, 6.07) is 4.92. The Morgan fingerprint density at radius 2 is 2.21 bits per heavy atom. The van der Waals surface area contributed by atoms with Crippen LogP contribution >= 0.6 is 0 Å². The summed E-state index contributed by atoms with van der Waals surface area (Å²) >= 11 is 0. The molecule has 3 N–H and O–H groups in total. The number of carbonyl (C=O) groups is 2. The van der Waals surface area contributed by atoms with E-state index in [4.69, 9.17) is 9.52 Å². The fourth-order valence-electron chi connectivity index (χ4n) is 1.40. The van der Waals surface area contributed by atoms with E-state index >= 15 is 0 Å². The lowest BCUT2D eigenvalue weighted by molar-refractivity contribution is -0.143. The van der Waals surface area contributed by atoms with E-state index in [-0.39, 0.29) is 5.69 Å². The van der Waals surface area contributed by atoms with Crippen molar-refractivity contribution < 1.29 is 19.1 Å². The second-order valence-corrected chi connectivity index (χ2v) is 4.53. The molecule has 0 saturated carbocycles. The van der Waals surface area contributed by atoms with E-state index in [9.17, 15) is 9.59 Å². The summed E-state index contributed by atoms with van der Waals surface area (Å²) < 4.78 is 5.15. The number of amides is 1. The first-order valence-corrected chi connectivity index (χ1v) is 5.55. The average Bonchev–Trinajstić information content (AvgIpc) is 2.99. The Morgan fingerprint density at radius 1 is 1.47 bits per heavy atom. The highest BCUT2D eigenvalue weighted by Crippen LogP contribution is 2.18. The standard InChI is InChI=1S/C12H13N3O4/c1-12(2,11(17)18)13-10(16)8-6-7(14-15-8)9-4-3-5-19-9/h3-6H,1-2H3,(H,13,16)(H,14,15)(H,17,18). The number of carbonyl (C=O) groups excluding carboxylic acids is 1. The third kappa shape index (κ3) is 2.65. The molecule has 2 rings (SSSR count). The number of aliphatic carboxylic acids is 1. The summed E-state index contributed by atoms with van der Waals surface area (Å²) in [5.41, 5.74) is -0.718. The van der Waals surface area contributed by atoms with Crippen LogP contribution < -0.4 is 5.32 Å². The number of nitrogens with one attached hydrogen (secondary N) is 2. The number of aromatic amines is 1. The van der Waals surface area contributed by atoms with Gasteiger partial charge in [0.25, 0.3) is 5.91 Å². The number of aromatic nitrogens is 2. The van der Waals surface area contributed by atoms with Gasteiger partial charge in [-0.25, -0.2) is 4.79 Å². The molecule has 19 heavy (non-hydrogen) atoms. The molecular formula is C12H13N3O4. The molecule has 0 aromatic carbocycles. The zero-order chi connectivity index (χ0) is 14.0. The van der Waals surface area contributed by atoms with E-state index in [0.29, 0.717) is 11.5 Å². The Labute approximate surface area is 108 Å². The van der Waals surface area contributed by atoms with Crippen molar-refractivity contribution in [2.45, 2.75) is 19.4 Å². The van der Waals surface area contributed by atoms with E-state index in [2.05, 4.69) is 15.5 Å². The highest BCUT2D eigenvalue weighted by molar-refractivity contribution is 5.96. The monoisotopic (exact) mass is 263 g/mol. The van der Waals surface area contributed by atoms with Crippen molar-refractivity contribution >= 4 is 11.9 Å². The van der Waals surface area contributed by atoms with Gasteiger partial charge < -0.3 is 14.8 Å². The van der Waals surface area contributed by atoms with Crippen molar-refractivity contribution in [3.63, 3.8) is 0 Å². The molecule has 0 atom stereocenters. The summed E-state index contributed by atoms with van der Waals surface area (Å²) in [5, 5.41) is 17.8. The first-order chi connectivity index (χ1) is 8.90. The molecule has 2 aromatic rings. The SMILES string of the molecule is CC(C)(NC(=O)c1cc(-c2ccco2)[nH]n1)C(=O)O. The number of nitrogens with zero attached hydrogens (tertiary/aromatic N) is 1. The molecular weight excluding hydrogens is 250 g/mol. The van der Waals surface area contributed by atoms with Crippen molar-refractivity contribution in [1.82, 2.24) is 15.5 Å². The Morgan fingerprint density at radius 3 is 2.79 bits per heavy atom. The normalized spacial score (nSPS) is 11.3. The second-order valence-electron chi connectivity index (χ2n) is 4.53. The van der Waals surface area contributed by atoms with Gasteiger partial charge in [0.05, 0.1) is 6.26 Å². The predicted molar refractivity (Wildman–Crippen MR) is 65.5 cm³/mol. The molecule has 7 nitrogen and oxygen atoms in total. The number of rotatable bonds is 4. The minimum atomic E-state index is -1.36. The van der Waals surface area contributed by atoms with Crippen LogP contribution in [0.1, 0.15) is 24.3 Å². The molecule has 0 spiro atoms. The Balaban J connectivity index is 2.15. The highest BCUT2D eigenvalue weighted by Gasteiger charge is 2.30. The van der Waals surface area contributed by atoms with E-state index < -0.39 is 17.4 Å². The van der Waals surface area contributed by atoms with E-state index in [1.54, 1.807) is 12.1 Å². The lowest BCUT2D eigenvalue weighted by Gasteiger charge is -2.19. The van der Waals surface area contributed by atoms with Crippen LogP contribution in [0.25, 0.3) is 11.5 Å². The Hall–Kier alpha value is -2.57. The summed E-state index contributed by atoms with van der Waals surface area (Å²) in [6.45, 7) is 2.79. The van der Waals surface area contributed by atoms with Crippen molar-refractivity contribution in [1.29, 1.82) is 0 Å². The molecule has 0 radical (unpaired) electrons. The highest BCUT2D eigenvalue weighted by atomic mass is 16.4. The number of hydrogen-bond acceptors (Lipinski definition) is 4. The minimum Gasteiger partial charge on any atom is -0.480 e. The molecule has 0 aliphatic carbocycles. The van der Waals surface area contributed by atoms with Gasteiger partial charge in [0.2, 0.25) is 0 Å². The van der Waals surface area contributed by atoms with Crippen molar-refractivity contribution in [2.24, 2.45) is 0 Å². The lowest BCUT2D eigenvalue weighted by Crippen LogP contribution is -2.49. The minimum absolute atomic E-state index is 0.0979. The first-order valence-electron chi connectivity index (χ1n) is 5.55. The van der Waals surface area contributed by atoms with Crippen molar-refractivity contribution in [2.75, 3.05) is 0 Å². The quantitative estimate of drug-likeness (QED) is 0.769. The predicted octanol–water partition coefficient (Wildman–Crippen LogP) is 1.26. The number of carboxylic acid groups (broad SMARTS) is 1. The van der Waals surface area contributed by atoms with Crippen LogP contribution in [0.2, 0.25) is 0 Å². The van der Waals surface area contributed by atoms with Crippen LogP contribution in [0, 0.1) is 0 Å². The third-order valence-electron chi connectivity index (χ3n) is 2.56. The number of carboxylic acids is 1. The molecule has 2 heterocycles. The largest absolute Gasteiger partial charge is 0.480 e. The van der Waals surface area contributed by atoms with Gasteiger partial charge in [0, 0.05) is 6.07 Å². The number of furan rings is 1. The molecule has 1 amide bonds. The average molecular weight is 263 g/mol. The first kappa shape index (κ1) is 12.9. The molecule has 0 unspecified atom stereocenters.